The lowest BCUT2D eigenvalue weighted by molar-refractivity contribution is -0.155. The number of ether oxygens (including phenoxy) is 4. The zero-order valence-electron chi connectivity index (χ0n) is 20.7. The summed E-state index contributed by atoms with van der Waals surface area (Å²) in [5.41, 5.74) is 1.09. The number of carbonyl (C=O) groups excluding carboxylic acids is 1. The van der Waals surface area contributed by atoms with Gasteiger partial charge in [-0.3, -0.25) is 4.79 Å². The molecule has 3 aliphatic rings. The maximum absolute atomic E-state index is 12.8. The molecular weight excluding hydrogens is 506 g/mol. The number of nitrogens with one attached hydrogen (secondary N) is 1. The third-order valence-electron chi connectivity index (χ3n) is 6.95. The van der Waals surface area contributed by atoms with Crippen LogP contribution in [-0.4, -0.2) is 116 Å². The Morgan fingerprint density at radius 1 is 1.03 bits per heavy atom. The first kappa shape index (κ1) is 28.4. The fourth-order valence-electron chi connectivity index (χ4n) is 4.77. The van der Waals surface area contributed by atoms with E-state index in [4.69, 9.17) is 24.1 Å². The second kappa shape index (κ2) is 11.7. The van der Waals surface area contributed by atoms with Gasteiger partial charge in [-0.05, 0) is 43.2 Å². The second-order valence-corrected chi connectivity index (χ2v) is 9.56. The lowest BCUT2D eigenvalue weighted by atomic mass is 9.83. The molecule has 210 valence electrons. The minimum absolute atomic E-state index is 0.0410. The summed E-state index contributed by atoms with van der Waals surface area (Å²) in [6, 6.07) is 3.02. The number of hydrogen-bond acceptors (Lipinski definition) is 12. The summed E-state index contributed by atoms with van der Waals surface area (Å²) in [5.74, 6) is -0.999. The minimum atomic E-state index is -1.49. The van der Waals surface area contributed by atoms with Crippen molar-refractivity contribution >= 4 is 12.0 Å². The first-order valence-corrected chi connectivity index (χ1v) is 12.1. The third kappa shape index (κ3) is 5.57. The van der Waals surface area contributed by atoms with E-state index in [1.807, 2.05) is 0 Å². The molecule has 4 rings (SSSR count). The highest BCUT2D eigenvalue weighted by Crippen LogP contribution is 2.34. The van der Waals surface area contributed by atoms with Gasteiger partial charge in [0, 0.05) is 5.57 Å². The van der Waals surface area contributed by atoms with Crippen molar-refractivity contribution in [2.45, 2.75) is 75.0 Å². The monoisotopic (exact) mass is 539 g/mol. The quantitative estimate of drug-likeness (QED) is 0.138. The van der Waals surface area contributed by atoms with Crippen LogP contribution in [0.5, 0.6) is 11.5 Å². The highest BCUT2D eigenvalue weighted by Gasteiger charge is 2.53. The molecule has 38 heavy (non-hydrogen) atoms. The fourth-order valence-corrected chi connectivity index (χ4v) is 4.77. The maximum atomic E-state index is 12.8. The molecule has 1 aliphatic carbocycles. The van der Waals surface area contributed by atoms with Gasteiger partial charge in [-0.2, -0.15) is 0 Å². The van der Waals surface area contributed by atoms with Crippen LogP contribution in [0.1, 0.15) is 19.4 Å². The lowest BCUT2D eigenvalue weighted by Gasteiger charge is -2.41. The van der Waals surface area contributed by atoms with Gasteiger partial charge in [-0.25, -0.2) is 0 Å². The molecule has 0 spiro atoms. The van der Waals surface area contributed by atoms with Gasteiger partial charge in [0.25, 0.3) is 0 Å². The molecule has 13 nitrogen and oxygen atoms in total. The Hall–Kier alpha value is -2.59. The average molecular weight is 540 g/mol. The standard InChI is InChI=1S/C25H33NO12/c1-10(5-6-27)21-19(32)20(33)25(38-21)37-14-4-3-12(8-13(14)28)7-11(2)24(34)26-15-16(29)18(31)23-22(17(15)30)35-9-36-23/h3-5,7-8,15-23,25,27-33H,6,9H2,1-2H3,(H,26,34)/b10-5+,11-7+/t15-,16+,17-,18-,19+,20+,21-,22+,23-,25-/m1/s1. The Morgan fingerprint density at radius 3 is 2.37 bits per heavy atom. The van der Waals surface area contributed by atoms with Crippen LogP contribution < -0.4 is 10.1 Å². The minimum Gasteiger partial charge on any atom is -0.504 e. The Kier molecular flexibility index (Phi) is 8.72. The fraction of sp³-hybridized carbons (Fsp3) is 0.560. The molecule has 1 saturated carbocycles. The molecule has 3 fully saturated rings. The zero-order chi connectivity index (χ0) is 27.7. The number of phenols is 1. The molecule has 1 aromatic carbocycles. The average Bonchev–Trinajstić information content (AvgIpc) is 3.48. The molecule has 2 saturated heterocycles. The Morgan fingerprint density at radius 2 is 1.71 bits per heavy atom. The van der Waals surface area contributed by atoms with E-state index >= 15 is 0 Å². The molecule has 8 N–H and O–H groups in total. The van der Waals surface area contributed by atoms with Crippen LogP contribution in [0.25, 0.3) is 6.08 Å². The topological polar surface area (TPSA) is 208 Å². The van der Waals surface area contributed by atoms with Crippen LogP contribution in [0.15, 0.2) is 35.4 Å². The molecule has 0 aromatic heterocycles. The first-order chi connectivity index (χ1) is 18.0. The van der Waals surface area contributed by atoms with Crippen molar-refractivity contribution in [2.75, 3.05) is 13.4 Å². The highest BCUT2D eigenvalue weighted by molar-refractivity contribution is 5.97. The first-order valence-electron chi connectivity index (χ1n) is 12.1. The van der Waals surface area contributed by atoms with Crippen molar-refractivity contribution < 1.29 is 59.5 Å². The summed E-state index contributed by atoms with van der Waals surface area (Å²) >= 11 is 0. The van der Waals surface area contributed by atoms with Crippen LogP contribution in [0.3, 0.4) is 0 Å². The van der Waals surface area contributed by atoms with Crippen molar-refractivity contribution in [2.24, 2.45) is 0 Å². The van der Waals surface area contributed by atoms with Crippen LogP contribution >= 0.6 is 0 Å². The summed E-state index contributed by atoms with van der Waals surface area (Å²) in [7, 11) is 0. The highest BCUT2D eigenvalue weighted by atomic mass is 16.7. The number of phenolic OH excluding ortho intramolecular Hbond substituents is 1. The van der Waals surface area contributed by atoms with Crippen LogP contribution in [0.4, 0.5) is 0 Å². The van der Waals surface area contributed by atoms with Gasteiger partial charge in [-0.15, -0.1) is 0 Å². The van der Waals surface area contributed by atoms with E-state index in [1.165, 1.54) is 37.3 Å². The number of aromatic hydroxyl groups is 1. The Labute approximate surface area is 218 Å². The van der Waals surface area contributed by atoms with E-state index < -0.39 is 67.1 Å². The summed E-state index contributed by atoms with van der Waals surface area (Å²) in [4.78, 5) is 12.8. The predicted molar refractivity (Wildman–Crippen MR) is 128 cm³/mol. The number of amides is 1. The van der Waals surface area contributed by atoms with E-state index in [1.54, 1.807) is 6.92 Å². The predicted octanol–water partition coefficient (Wildman–Crippen LogP) is -2.12. The lowest BCUT2D eigenvalue weighted by Crippen LogP contribution is -2.67. The largest absolute Gasteiger partial charge is 0.504 e. The van der Waals surface area contributed by atoms with Gasteiger partial charge in [0.15, 0.2) is 11.5 Å². The molecule has 0 radical (unpaired) electrons. The molecule has 10 atom stereocenters. The SMILES string of the molecule is C/C(=C\c1ccc(O[C@@H]2O[C@H](/C(C)=C/CO)[C@@H](O)[C@@H]2O)c(O)c1)C(=O)N[C@@H]1[C@H](O)[C@@H](O)[C@H]2OCO[C@H]2[C@@H]1O. The number of carbonyl (C=O) groups is 1. The molecule has 1 aromatic rings. The van der Waals surface area contributed by atoms with Gasteiger partial charge in [0.05, 0.1) is 12.6 Å². The van der Waals surface area contributed by atoms with E-state index in [2.05, 4.69) is 5.32 Å². The zero-order valence-corrected chi connectivity index (χ0v) is 20.7. The van der Waals surface area contributed by atoms with Gasteiger partial charge in [0.2, 0.25) is 12.2 Å². The van der Waals surface area contributed by atoms with Gasteiger partial charge in [0.1, 0.15) is 55.6 Å². The van der Waals surface area contributed by atoms with Crippen LogP contribution in [-0.2, 0) is 19.0 Å². The van der Waals surface area contributed by atoms with E-state index in [-0.39, 0.29) is 30.5 Å². The molecule has 0 bridgehead atoms. The number of fused-ring (bicyclic) bond motifs is 1. The van der Waals surface area contributed by atoms with Crippen molar-refractivity contribution in [1.29, 1.82) is 0 Å². The third-order valence-corrected chi connectivity index (χ3v) is 6.95. The van der Waals surface area contributed by atoms with E-state index in [0.717, 1.165) is 0 Å². The summed E-state index contributed by atoms with van der Waals surface area (Å²) in [6.45, 7) is 2.70. The molecule has 0 unspecified atom stereocenters. The normalized spacial score (nSPS) is 37.7. The van der Waals surface area contributed by atoms with Crippen molar-refractivity contribution in [3.8, 4) is 11.5 Å². The van der Waals surface area contributed by atoms with Gasteiger partial charge in [-0.1, -0.05) is 12.1 Å². The molecular formula is C25H33NO12. The molecule has 2 heterocycles. The number of aliphatic hydroxyl groups excluding tert-OH is 6. The van der Waals surface area contributed by atoms with Gasteiger partial charge < -0.3 is 60.0 Å². The van der Waals surface area contributed by atoms with E-state index in [0.29, 0.717) is 11.1 Å². The van der Waals surface area contributed by atoms with Crippen LogP contribution in [0.2, 0.25) is 0 Å². The number of aliphatic hydroxyl groups is 6. The second-order valence-electron chi connectivity index (χ2n) is 9.56. The maximum Gasteiger partial charge on any atom is 0.247 e. The smallest absolute Gasteiger partial charge is 0.247 e. The van der Waals surface area contributed by atoms with Crippen LogP contribution in [0, 0.1) is 0 Å². The molecule has 2 aliphatic heterocycles. The van der Waals surface area contributed by atoms with E-state index in [9.17, 15) is 35.4 Å². The van der Waals surface area contributed by atoms with Crippen molar-refractivity contribution in [3.05, 3.63) is 41.0 Å². The number of rotatable bonds is 7. The Bertz CT molecular complexity index is 1080. The van der Waals surface area contributed by atoms with Crippen molar-refractivity contribution in [3.63, 3.8) is 0 Å². The van der Waals surface area contributed by atoms with Crippen molar-refractivity contribution in [1.82, 2.24) is 5.32 Å². The number of benzene rings is 1. The van der Waals surface area contributed by atoms with Gasteiger partial charge >= 0.3 is 0 Å². The number of hydrogen-bond donors (Lipinski definition) is 8. The summed E-state index contributed by atoms with van der Waals surface area (Å²) in [5, 5.41) is 73.7. The molecule has 13 heteroatoms. The summed E-state index contributed by atoms with van der Waals surface area (Å²) < 4.78 is 21.6. The summed E-state index contributed by atoms with van der Waals surface area (Å²) in [6.07, 6.45) is -7.97. The Balaban J connectivity index is 1.41. The molecule has 1 amide bonds.